The molecule has 470 valence electrons. The van der Waals surface area contributed by atoms with Crippen LogP contribution in [0.2, 0.25) is 0 Å². The van der Waals surface area contributed by atoms with E-state index >= 15 is 0 Å². The summed E-state index contributed by atoms with van der Waals surface area (Å²) in [6.07, 6.45) is 3.77. The third-order valence-electron chi connectivity index (χ3n) is 19.5. The molecule has 6 heteroatoms. The lowest BCUT2D eigenvalue weighted by Gasteiger charge is -2.35. The Morgan fingerprint density at radius 2 is 0.561 bits per heavy atom. The van der Waals surface area contributed by atoms with Gasteiger partial charge >= 0.3 is 0 Å². The largest absolute Gasteiger partial charge is 0.497 e. The van der Waals surface area contributed by atoms with Crippen molar-refractivity contribution in [2.45, 2.75) is 30.4 Å². The molecule has 0 N–H and O–H groups in total. The molecule has 2 aliphatic rings. The zero-order valence-corrected chi connectivity index (χ0v) is 56.1. The summed E-state index contributed by atoms with van der Waals surface area (Å²) in [5.74, 6) is 1.63. The summed E-state index contributed by atoms with van der Waals surface area (Å²) in [7, 11) is 3.46. The SMILES string of the molecule is C=Cc1ccc(Sc2ccc(C3(c4ccc(OC)cc4)c4ccccc4-c4ccc(N(c5ccccc5)c5ccc(-c6ccc(N(c7ccccc7)c7ccc8c(c7)C(c7ccc(OC)cc7)(c7ccc(Sc9ccc(C=C)cc9)cc7)c7ccccc7-8)cc6)cc5)cc43)cc2)cc1. The van der Waals surface area contributed by atoms with Gasteiger partial charge in [-0.15, -0.1) is 0 Å². The standard InChI is InChI=1S/C92H68N2O2S2/c1-5-63-25-51-79(52-26-63)97-81-55-37-69(38-56-81)91(67-33-47-77(95-3)48-34-67)87-23-15-13-21-83(87)85-59-45-75(61-89(85)91)93(71-17-9-7-10-18-71)73-41-29-65(30-42-73)66-31-43-74(44-32-66)94(72-19-11-8-12-20-72)76-46-60-86-84-22-14-16-24-88(84)92(90(86)62-76,68-35-49-78(96-4)50-36-68)70-39-57-82(58-40-70)98-80-53-27-64(6-2)28-54-80/h5-62H,1-2H2,3-4H3. The Labute approximate surface area is 583 Å². The average Bonchev–Trinajstić information content (AvgIpc) is 1.52. The molecule has 0 bridgehead atoms. The maximum atomic E-state index is 5.78. The van der Waals surface area contributed by atoms with E-state index in [2.05, 4.69) is 363 Å². The number of nitrogens with zero attached hydrogens (tertiary/aromatic N) is 2. The third kappa shape index (κ3) is 10.9. The maximum Gasteiger partial charge on any atom is 0.118 e. The van der Waals surface area contributed by atoms with Crippen molar-refractivity contribution in [3.05, 3.63) is 409 Å². The Morgan fingerprint density at radius 3 is 0.898 bits per heavy atom. The van der Waals surface area contributed by atoms with Gasteiger partial charge in [0.2, 0.25) is 0 Å². The Kier molecular flexibility index (Phi) is 16.4. The van der Waals surface area contributed by atoms with Gasteiger partial charge in [0.05, 0.1) is 25.0 Å². The van der Waals surface area contributed by atoms with Crippen molar-refractivity contribution in [3.63, 3.8) is 0 Å². The number of rotatable bonds is 19. The molecular weight excluding hydrogens is 1230 g/mol. The number of ether oxygens (including phenoxy) is 2. The van der Waals surface area contributed by atoms with Crippen molar-refractivity contribution in [3.8, 4) is 44.9 Å². The molecule has 16 rings (SSSR count). The molecule has 2 unspecified atom stereocenters. The number of para-hydroxylation sites is 2. The quantitative estimate of drug-likeness (QED) is 0.0800. The molecule has 4 nitrogen and oxygen atoms in total. The molecule has 14 aromatic rings. The fourth-order valence-corrected chi connectivity index (χ4v) is 16.5. The van der Waals surface area contributed by atoms with Crippen LogP contribution >= 0.6 is 23.5 Å². The molecule has 0 saturated heterocycles. The molecule has 0 saturated carbocycles. The molecule has 0 amide bonds. The molecule has 0 heterocycles. The normalized spacial score (nSPS) is 14.7. The van der Waals surface area contributed by atoms with Crippen LogP contribution in [-0.2, 0) is 10.8 Å². The van der Waals surface area contributed by atoms with Crippen molar-refractivity contribution in [2.75, 3.05) is 24.0 Å². The minimum absolute atomic E-state index is 0.654. The number of hydrogen-bond acceptors (Lipinski definition) is 6. The Morgan fingerprint density at radius 1 is 0.276 bits per heavy atom. The molecule has 98 heavy (non-hydrogen) atoms. The van der Waals surface area contributed by atoms with Crippen molar-refractivity contribution in [1.29, 1.82) is 0 Å². The lowest BCUT2D eigenvalue weighted by molar-refractivity contribution is 0.414. The second-order valence-electron chi connectivity index (χ2n) is 24.7. The van der Waals surface area contributed by atoms with Gasteiger partial charge in [0.1, 0.15) is 11.5 Å². The first-order chi connectivity index (χ1) is 48.3. The first-order valence-corrected chi connectivity index (χ1v) is 34.7. The van der Waals surface area contributed by atoms with Crippen LogP contribution in [0.1, 0.15) is 55.6 Å². The van der Waals surface area contributed by atoms with Gasteiger partial charge in [-0.1, -0.05) is 243 Å². The topological polar surface area (TPSA) is 24.9 Å². The summed E-state index contributed by atoms with van der Waals surface area (Å²) in [6, 6.07) is 124. The number of methoxy groups -OCH3 is 2. The Bertz CT molecular complexity index is 4880. The lowest BCUT2D eigenvalue weighted by Crippen LogP contribution is -2.28. The fraction of sp³-hybridized carbons (Fsp3) is 0.0435. The first kappa shape index (κ1) is 61.3. The van der Waals surface area contributed by atoms with Gasteiger partial charge in [-0.05, 0) is 235 Å². The Hall–Kier alpha value is -11.5. The molecule has 14 aromatic carbocycles. The van der Waals surface area contributed by atoms with Crippen LogP contribution in [0.3, 0.4) is 0 Å². The monoisotopic (exact) mass is 1300 g/mol. The van der Waals surface area contributed by atoms with E-state index in [9.17, 15) is 0 Å². The molecule has 0 aliphatic heterocycles. The predicted molar refractivity (Wildman–Crippen MR) is 410 cm³/mol. The van der Waals surface area contributed by atoms with Crippen LogP contribution in [0.4, 0.5) is 34.1 Å². The number of fused-ring (bicyclic) bond motifs is 6. The number of benzene rings is 14. The van der Waals surface area contributed by atoms with Gasteiger partial charge in [-0.3, -0.25) is 0 Å². The van der Waals surface area contributed by atoms with E-state index in [1.807, 2.05) is 12.2 Å². The average molecular weight is 1300 g/mol. The van der Waals surface area contributed by atoms with Crippen LogP contribution in [0, 0.1) is 0 Å². The van der Waals surface area contributed by atoms with Crippen LogP contribution in [-0.4, -0.2) is 14.2 Å². The maximum absolute atomic E-state index is 5.78. The molecule has 0 fully saturated rings. The van der Waals surface area contributed by atoms with Gasteiger partial charge < -0.3 is 19.3 Å². The van der Waals surface area contributed by atoms with Crippen molar-refractivity contribution in [2.24, 2.45) is 0 Å². The molecule has 0 radical (unpaired) electrons. The molecule has 0 aromatic heterocycles. The smallest absolute Gasteiger partial charge is 0.118 e. The van der Waals surface area contributed by atoms with Crippen LogP contribution in [0.25, 0.3) is 45.5 Å². The number of anilines is 6. The van der Waals surface area contributed by atoms with Gasteiger partial charge in [-0.25, -0.2) is 0 Å². The summed E-state index contributed by atoms with van der Waals surface area (Å²) in [5, 5.41) is 0. The van der Waals surface area contributed by atoms with Gasteiger partial charge in [0.25, 0.3) is 0 Å². The van der Waals surface area contributed by atoms with Crippen LogP contribution in [0.15, 0.2) is 372 Å². The van der Waals surface area contributed by atoms with Crippen molar-refractivity contribution < 1.29 is 9.47 Å². The summed E-state index contributed by atoms with van der Waals surface area (Å²) in [4.78, 5) is 9.49. The van der Waals surface area contributed by atoms with E-state index < -0.39 is 10.8 Å². The fourth-order valence-electron chi connectivity index (χ4n) is 14.9. The van der Waals surface area contributed by atoms with E-state index in [-0.39, 0.29) is 0 Å². The zero-order chi connectivity index (χ0) is 66.2. The summed E-state index contributed by atoms with van der Waals surface area (Å²) >= 11 is 3.53. The summed E-state index contributed by atoms with van der Waals surface area (Å²) < 4.78 is 11.6. The molecule has 2 atom stereocenters. The van der Waals surface area contributed by atoms with Crippen molar-refractivity contribution in [1.82, 2.24) is 0 Å². The van der Waals surface area contributed by atoms with E-state index in [0.29, 0.717) is 0 Å². The first-order valence-electron chi connectivity index (χ1n) is 33.0. The third-order valence-corrected chi connectivity index (χ3v) is 21.5. The highest BCUT2D eigenvalue weighted by molar-refractivity contribution is 7.99. The van der Waals surface area contributed by atoms with Crippen LogP contribution < -0.4 is 19.3 Å². The van der Waals surface area contributed by atoms with Gasteiger partial charge in [-0.2, -0.15) is 0 Å². The van der Waals surface area contributed by atoms with Crippen molar-refractivity contribution >= 4 is 69.8 Å². The summed E-state index contributed by atoms with van der Waals surface area (Å²) in [5.41, 5.74) is 24.0. The summed E-state index contributed by atoms with van der Waals surface area (Å²) in [6.45, 7) is 7.92. The molecule has 0 spiro atoms. The lowest BCUT2D eigenvalue weighted by atomic mass is 9.67. The van der Waals surface area contributed by atoms with Gasteiger partial charge in [0.15, 0.2) is 0 Å². The minimum Gasteiger partial charge on any atom is -0.497 e. The van der Waals surface area contributed by atoms with E-state index in [4.69, 9.17) is 9.47 Å². The minimum atomic E-state index is -0.654. The van der Waals surface area contributed by atoms with E-state index in [1.54, 1.807) is 37.7 Å². The van der Waals surface area contributed by atoms with E-state index in [1.165, 1.54) is 86.3 Å². The highest BCUT2D eigenvalue weighted by Gasteiger charge is 2.48. The van der Waals surface area contributed by atoms with Gasteiger partial charge in [0, 0.05) is 53.7 Å². The van der Waals surface area contributed by atoms with E-state index in [0.717, 1.165) is 67.9 Å². The number of hydrogen-bond donors (Lipinski definition) is 0. The zero-order valence-electron chi connectivity index (χ0n) is 54.4. The highest BCUT2D eigenvalue weighted by Crippen LogP contribution is 2.60. The Balaban J connectivity index is 0.758. The second kappa shape index (κ2) is 26.2. The molecule has 2 aliphatic carbocycles. The predicted octanol–water partition coefficient (Wildman–Crippen LogP) is 24.6. The van der Waals surface area contributed by atoms with Crippen LogP contribution in [0.5, 0.6) is 11.5 Å². The second-order valence-corrected chi connectivity index (χ2v) is 27.0. The molecular formula is C92H68N2O2S2. The highest BCUT2D eigenvalue weighted by atomic mass is 32.2.